The molecule has 2 N–H and O–H groups in total. The van der Waals surface area contributed by atoms with Crippen LogP contribution in [-0.4, -0.2) is 30.8 Å². The minimum Gasteiger partial charge on any atom is -0.492 e. The van der Waals surface area contributed by atoms with Crippen LogP contribution in [0, 0.1) is 18.8 Å². The maximum absolute atomic E-state index is 11.9. The van der Waals surface area contributed by atoms with Gasteiger partial charge in [-0.05, 0) is 38.1 Å². The van der Waals surface area contributed by atoms with Gasteiger partial charge in [0.15, 0.2) is 0 Å². The Hall–Kier alpha value is -3.20. The lowest BCUT2D eigenvalue weighted by atomic mass is 10.3. The summed E-state index contributed by atoms with van der Waals surface area (Å²) in [6, 6.07) is 10.6. The number of ether oxygens (including phenoxy) is 2. The summed E-state index contributed by atoms with van der Waals surface area (Å²) < 4.78 is 10.9. The number of hydrogen-bond donors (Lipinski definition) is 2. The van der Waals surface area contributed by atoms with Crippen molar-refractivity contribution in [1.29, 1.82) is 0 Å². The third-order valence-corrected chi connectivity index (χ3v) is 3.09. The maximum atomic E-state index is 11.9. The molecule has 1 aromatic heterocycles. The van der Waals surface area contributed by atoms with E-state index in [1.165, 1.54) is 0 Å². The van der Waals surface area contributed by atoms with Crippen molar-refractivity contribution >= 4 is 11.7 Å². The summed E-state index contributed by atoms with van der Waals surface area (Å²) in [7, 11) is 0. The first-order valence-corrected chi connectivity index (χ1v) is 7.97. The van der Waals surface area contributed by atoms with Gasteiger partial charge in [0.1, 0.15) is 18.1 Å². The lowest BCUT2D eigenvalue weighted by molar-refractivity contribution is 0.253. The molecule has 0 atom stereocenters. The van der Waals surface area contributed by atoms with E-state index in [0.717, 1.165) is 5.69 Å². The quantitative estimate of drug-likeness (QED) is 0.794. The highest BCUT2D eigenvalue weighted by molar-refractivity contribution is 5.91. The van der Waals surface area contributed by atoms with Crippen LogP contribution in [0.5, 0.6) is 11.5 Å². The fourth-order valence-corrected chi connectivity index (χ4v) is 1.91. The van der Waals surface area contributed by atoms with Crippen molar-refractivity contribution in [1.82, 2.24) is 10.3 Å². The van der Waals surface area contributed by atoms with E-state index in [0.29, 0.717) is 23.8 Å². The molecule has 0 bridgehead atoms. The molecule has 25 heavy (non-hydrogen) atoms. The van der Waals surface area contributed by atoms with Crippen molar-refractivity contribution in [3.05, 3.63) is 48.3 Å². The summed E-state index contributed by atoms with van der Waals surface area (Å²) in [5.74, 6) is 6.95. The molecule has 0 aliphatic heterocycles. The molecule has 0 spiro atoms. The first-order chi connectivity index (χ1) is 12.2. The van der Waals surface area contributed by atoms with Gasteiger partial charge in [-0.2, -0.15) is 0 Å². The highest BCUT2D eigenvalue weighted by Crippen LogP contribution is 2.23. The smallest absolute Gasteiger partial charge is 0.320 e. The van der Waals surface area contributed by atoms with Gasteiger partial charge in [0, 0.05) is 5.69 Å². The largest absolute Gasteiger partial charge is 0.492 e. The molecule has 6 heteroatoms. The first kappa shape index (κ1) is 18.1. The molecule has 2 amide bonds. The first-order valence-electron chi connectivity index (χ1n) is 7.97. The molecule has 0 fully saturated rings. The van der Waals surface area contributed by atoms with Crippen LogP contribution in [0.1, 0.15) is 12.6 Å². The number of rotatable bonds is 6. The summed E-state index contributed by atoms with van der Waals surface area (Å²) in [4.78, 5) is 16.0. The number of carbonyl (C=O) groups is 1. The number of benzene rings is 1. The minimum absolute atomic E-state index is 0.220. The van der Waals surface area contributed by atoms with Gasteiger partial charge >= 0.3 is 6.03 Å². The number of urea groups is 1. The lowest BCUT2D eigenvalue weighted by Gasteiger charge is -2.11. The molecule has 0 saturated heterocycles. The molecule has 2 aromatic rings. The topological polar surface area (TPSA) is 72.5 Å². The standard InChI is InChI=1S/C19H21N3O3/c1-3-24-18-9-5-4-8-17(18)22-19(23)20-12-6-7-13-25-16-11-10-15(2)21-14-16/h4-5,8-11,14H,3,12-13H2,1-2H3,(H2,20,22,23). The van der Waals surface area contributed by atoms with E-state index in [1.807, 2.05) is 38.1 Å². The van der Waals surface area contributed by atoms with Gasteiger partial charge in [-0.15, -0.1) is 0 Å². The number of amides is 2. The second-order valence-corrected chi connectivity index (χ2v) is 5.01. The van der Waals surface area contributed by atoms with Crippen molar-refractivity contribution in [3.8, 4) is 23.3 Å². The van der Waals surface area contributed by atoms with Crippen LogP contribution in [0.15, 0.2) is 42.6 Å². The number of carbonyl (C=O) groups excluding carboxylic acids is 1. The highest BCUT2D eigenvalue weighted by atomic mass is 16.5. The van der Waals surface area contributed by atoms with Gasteiger partial charge in [-0.1, -0.05) is 24.0 Å². The number of nitrogens with one attached hydrogen (secondary N) is 2. The second-order valence-electron chi connectivity index (χ2n) is 5.01. The molecular weight excluding hydrogens is 318 g/mol. The van der Waals surface area contributed by atoms with Crippen LogP contribution < -0.4 is 20.1 Å². The molecule has 130 valence electrons. The summed E-state index contributed by atoms with van der Waals surface area (Å²) in [5.41, 5.74) is 1.55. The molecule has 2 rings (SSSR count). The molecule has 0 unspecified atom stereocenters. The Bertz CT molecular complexity index is 748. The molecule has 0 aliphatic carbocycles. The van der Waals surface area contributed by atoms with E-state index in [9.17, 15) is 4.79 Å². The Morgan fingerprint density at radius 2 is 2.00 bits per heavy atom. The fourth-order valence-electron chi connectivity index (χ4n) is 1.91. The van der Waals surface area contributed by atoms with Crippen LogP contribution >= 0.6 is 0 Å². The van der Waals surface area contributed by atoms with E-state index in [1.54, 1.807) is 18.3 Å². The van der Waals surface area contributed by atoms with Crippen molar-refractivity contribution in [2.24, 2.45) is 0 Å². The molecule has 1 heterocycles. The summed E-state index contributed by atoms with van der Waals surface area (Å²) in [6.07, 6.45) is 1.65. The van der Waals surface area contributed by atoms with Gasteiger partial charge in [-0.25, -0.2) is 4.79 Å². The number of pyridine rings is 1. The number of hydrogen-bond acceptors (Lipinski definition) is 4. The van der Waals surface area contributed by atoms with Crippen molar-refractivity contribution in [3.63, 3.8) is 0 Å². The SMILES string of the molecule is CCOc1ccccc1NC(=O)NCC#CCOc1ccc(C)nc1. The van der Waals surface area contributed by atoms with E-state index in [-0.39, 0.29) is 19.2 Å². The van der Waals surface area contributed by atoms with Gasteiger partial charge in [0.05, 0.1) is 25.0 Å². The zero-order valence-electron chi connectivity index (χ0n) is 14.3. The van der Waals surface area contributed by atoms with Crippen LogP contribution in [0.25, 0.3) is 0 Å². The minimum atomic E-state index is -0.342. The lowest BCUT2D eigenvalue weighted by Crippen LogP contribution is -2.29. The normalized spacial score (nSPS) is 9.52. The Morgan fingerprint density at radius 3 is 2.76 bits per heavy atom. The number of aromatic nitrogens is 1. The zero-order chi connectivity index (χ0) is 17.9. The van der Waals surface area contributed by atoms with Crippen molar-refractivity contribution < 1.29 is 14.3 Å². The Morgan fingerprint density at radius 1 is 1.16 bits per heavy atom. The van der Waals surface area contributed by atoms with Gasteiger partial charge < -0.3 is 20.1 Å². The number of para-hydroxylation sites is 2. The monoisotopic (exact) mass is 339 g/mol. The Kier molecular flexibility index (Phi) is 7.13. The van der Waals surface area contributed by atoms with E-state index in [4.69, 9.17) is 9.47 Å². The van der Waals surface area contributed by atoms with E-state index < -0.39 is 0 Å². The van der Waals surface area contributed by atoms with E-state index in [2.05, 4.69) is 27.5 Å². The third-order valence-electron chi connectivity index (χ3n) is 3.09. The molecule has 0 aliphatic rings. The van der Waals surface area contributed by atoms with Crippen molar-refractivity contribution in [2.75, 3.05) is 25.1 Å². The predicted molar refractivity (Wildman–Crippen MR) is 96.9 cm³/mol. The summed E-state index contributed by atoms with van der Waals surface area (Å²) >= 11 is 0. The molecule has 6 nitrogen and oxygen atoms in total. The maximum Gasteiger partial charge on any atom is 0.320 e. The van der Waals surface area contributed by atoms with E-state index >= 15 is 0 Å². The molecular formula is C19H21N3O3. The Balaban J connectivity index is 1.71. The number of anilines is 1. The fraction of sp³-hybridized carbons (Fsp3) is 0.263. The third kappa shape index (κ3) is 6.43. The number of aryl methyl sites for hydroxylation is 1. The molecule has 0 saturated carbocycles. The van der Waals surface area contributed by atoms with Gasteiger partial charge in [-0.3, -0.25) is 4.98 Å². The van der Waals surface area contributed by atoms with Crippen LogP contribution in [0.3, 0.4) is 0 Å². The van der Waals surface area contributed by atoms with Crippen LogP contribution in [0.4, 0.5) is 10.5 Å². The Labute approximate surface area is 147 Å². The second kappa shape index (κ2) is 9.83. The summed E-state index contributed by atoms with van der Waals surface area (Å²) in [5, 5.41) is 5.39. The summed E-state index contributed by atoms with van der Waals surface area (Å²) in [6.45, 7) is 4.79. The van der Waals surface area contributed by atoms with Gasteiger partial charge in [0.2, 0.25) is 0 Å². The molecule has 0 radical (unpaired) electrons. The van der Waals surface area contributed by atoms with Crippen molar-refractivity contribution in [2.45, 2.75) is 13.8 Å². The van der Waals surface area contributed by atoms with Gasteiger partial charge in [0.25, 0.3) is 0 Å². The highest BCUT2D eigenvalue weighted by Gasteiger charge is 2.05. The predicted octanol–water partition coefficient (Wildman–Crippen LogP) is 2.99. The number of nitrogens with zero attached hydrogens (tertiary/aromatic N) is 1. The average molecular weight is 339 g/mol. The van der Waals surface area contributed by atoms with Crippen LogP contribution in [-0.2, 0) is 0 Å². The molecule has 1 aromatic carbocycles. The average Bonchev–Trinajstić information content (AvgIpc) is 2.61. The zero-order valence-corrected chi connectivity index (χ0v) is 14.3. The van der Waals surface area contributed by atoms with Crippen LogP contribution in [0.2, 0.25) is 0 Å².